The van der Waals surface area contributed by atoms with E-state index in [-0.39, 0.29) is 42.6 Å². The van der Waals surface area contributed by atoms with E-state index in [4.69, 9.17) is 4.74 Å². The zero-order valence-electron chi connectivity index (χ0n) is 20.0. The molecule has 2 aromatic carbocycles. The smallest absolute Gasteiger partial charge is 0.251 e. The minimum absolute atomic E-state index is 0.0211. The van der Waals surface area contributed by atoms with Crippen LogP contribution in [0.15, 0.2) is 53.4 Å². The molecule has 3 aromatic rings. The van der Waals surface area contributed by atoms with Gasteiger partial charge in [-0.3, -0.25) is 4.79 Å². The van der Waals surface area contributed by atoms with Crippen LogP contribution in [0, 0.1) is 12.8 Å². The van der Waals surface area contributed by atoms with E-state index in [1.807, 2.05) is 0 Å². The molecule has 0 saturated heterocycles. The number of aromatic nitrogens is 1. The van der Waals surface area contributed by atoms with Crippen LogP contribution in [0.1, 0.15) is 47.4 Å². The standard InChI is InChI=1S/C26H28F2N2O5S/c1-3-36(33,34)21-7-4-18(5-8-21)23(14-31)30-24(32)19-6-9-22-20(11-19)10-16(2)29-25(22)35-15-17-12-26(27,28)13-17/h4-11,17,23,31H,3,12-15H2,1-2H3,(H,30,32)/t23-/m0/s1. The van der Waals surface area contributed by atoms with Gasteiger partial charge in [0, 0.05) is 35.4 Å². The number of nitrogens with zero attached hydrogens (tertiary/aromatic N) is 1. The van der Waals surface area contributed by atoms with E-state index >= 15 is 0 Å². The summed E-state index contributed by atoms with van der Waals surface area (Å²) in [6.45, 7) is 3.12. The number of fused-ring (bicyclic) bond motifs is 1. The number of alkyl halides is 2. The summed E-state index contributed by atoms with van der Waals surface area (Å²) in [7, 11) is -3.35. The topological polar surface area (TPSA) is 106 Å². The van der Waals surface area contributed by atoms with Crippen molar-refractivity contribution in [2.45, 2.75) is 43.5 Å². The Morgan fingerprint density at radius 1 is 1.19 bits per heavy atom. The predicted molar refractivity (Wildman–Crippen MR) is 131 cm³/mol. The van der Waals surface area contributed by atoms with Crippen molar-refractivity contribution >= 4 is 26.5 Å². The quantitative estimate of drug-likeness (QED) is 0.439. The Balaban J connectivity index is 1.49. The van der Waals surface area contributed by atoms with Crippen LogP contribution < -0.4 is 10.1 Å². The minimum Gasteiger partial charge on any atom is -0.477 e. The number of nitrogens with one attached hydrogen (secondary N) is 1. The summed E-state index contributed by atoms with van der Waals surface area (Å²) in [5.41, 5.74) is 1.57. The summed E-state index contributed by atoms with van der Waals surface area (Å²) in [6, 6.07) is 12.1. The molecule has 0 unspecified atom stereocenters. The Hall–Kier alpha value is -3.11. The van der Waals surface area contributed by atoms with Gasteiger partial charge in [-0.2, -0.15) is 0 Å². The van der Waals surface area contributed by atoms with E-state index in [0.29, 0.717) is 33.5 Å². The lowest BCUT2D eigenvalue weighted by Gasteiger charge is -2.34. The Labute approximate surface area is 208 Å². The van der Waals surface area contributed by atoms with Gasteiger partial charge in [-0.1, -0.05) is 19.1 Å². The number of carbonyl (C=O) groups excluding carboxylic acids is 1. The Kier molecular flexibility index (Phi) is 7.28. The third-order valence-electron chi connectivity index (χ3n) is 6.33. The van der Waals surface area contributed by atoms with Crippen LogP contribution in [-0.4, -0.2) is 49.3 Å². The van der Waals surface area contributed by atoms with Crippen molar-refractivity contribution in [3.8, 4) is 5.88 Å². The van der Waals surface area contributed by atoms with Gasteiger partial charge in [0.1, 0.15) is 0 Å². The molecule has 36 heavy (non-hydrogen) atoms. The maximum absolute atomic E-state index is 13.1. The molecule has 7 nitrogen and oxygen atoms in total. The number of ether oxygens (including phenoxy) is 1. The normalized spacial score (nSPS) is 16.4. The average Bonchev–Trinajstić information content (AvgIpc) is 2.83. The molecular formula is C26H28F2N2O5S. The Bertz CT molecular complexity index is 1370. The first-order chi connectivity index (χ1) is 17.0. The first-order valence-electron chi connectivity index (χ1n) is 11.7. The third-order valence-corrected chi connectivity index (χ3v) is 8.08. The number of hydrogen-bond donors (Lipinski definition) is 2. The highest BCUT2D eigenvalue weighted by Crippen LogP contribution is 2.42. The maximum Gasteiger partial charge on any atom is 0.251 e. The molecule has 1 atom stereocenters. The monoisotopic (exact) mass is 518 g/mol. The van der Waals surface area contributed by atoms with E-state index in [0.717, 1.165) is 0 Å². The maximum atomic E-state index is 13.1. The molecule has 1 amide bonds. The van der Waals surface area contributed by atoms with Crippen molar-refractivity contribution in [3.05, 3.63) is 65.4 Å². The number of aryl methyl sites for hydroxylation is 1. The van der Waals surface area contributed by atoms with Crippen LogP contribution in [0.2, 0.25) is 0 Å². The number of aliphatic hydroxyl groups is 1. The van der Waals surface area contributed by atoms with Crippen molar-refractivity contribution in [1.82, 2.24) is 10.3 Å². The molecule has 0 aliphatic heterocycles. The van der Waals surface area contributed by atoms with Gasteiger partial charge in [0.2, 0.25) is 11.8 Å². The molecule has 2 N–H and O–H groups in total. The molecule has 10 heteroatoms. The highest BCUT2D eigenvalue weighted by atomic mass is 32.2. The molecular weight excluding hydrogens is 490 g/mol. The van der Waals surface area contributed by atoms with Gasteiger partial charge < -0.3 is 15.2 Å². The molecule has 1 fully saturated rings. The number of pyridine rings is 1. The van der Waals surface area contributed by atoms with Crippen molar-refractivity contribution in [2.75, 3.05) is 19.0 Å². The first-order valence-corrected chi connectivity index (χ1v) is 13.3. The molecule has 192 valence electrons. The van der Waals surface area contributed by atoms with Gasteiger partial charge in [-0.05, 0) is 54.3 Å². The van der Waals surface area contributed by atoms with Gasteiger partial charge in [0.15, 0.2) is 9.84 Å². The highest BCUT2D eigenvalue weighted by Gasteiger charge is 2.45. The zero-order chi connectivity index (χ0) is 26.1. The van der Waals surface area contributed by atoms with E-state index in [1.165, 1.54) is 12.1 Å². The molecule has 1 heterocycles. The van der Waals surface area contributed by atoms with Crippen LogP contribution in [0.5, 0.6) is 5.88 Å². The first kappa shape index (κ1) is 26.0. The largest absolute Gasteiger partial charge is 0.477 e. The van der Waals surface area contributed by atoms with Crippen LogP contribution in [-0.2, 0) is 9.84 Å². The van der Waals surface area contributed by atoms with Crippen LogP contribution in [0.3, 0.4) is 0 Å². The summed E-state index contributed by atoms with van der Waals surface area (Å²) in [5, 5.41) is 14.0. The van der Waals surface area contributed by atoms with Gasteiger partial charge >= 0.3 is 0 Å². The van der Waals surface area contributed by atoms with Crippen molar-refractivity contribution in [3.63, 3.8) is 0 Å². The summed E-state index contributed by atoms with van der Waals surface area (Å²) in [4.78, 5) is 17.5. The molecule has 1 aromatic heterocycles. The predicted octanol–water partition coefficient (Wildman–Crippen LogP) is 4.22. The summed E-state index contributed by atoms with van der Waals surface area (Å²) in [6.07, 6.45) is -0.380. The average molecular weight is 519 g/mol. The molecule has 0 spiro atoms. The fourth-order valence-corrected chi connectivity index (χ4v) is 5.14. The minimum atomic E-state index is -3.35. The van der Waals surface area contributed by atoms with Crippen LogP contribution in [0.4, 0.5) is 8.78 Å². The second kappa shape index (κ2) is 10.1. The van der Waals surface area contributed by atoms with E-state index in [9.17, 15) is 27.1 Å². The van der Waals surface area contributed by atoms with Crippen LogP contribution in [0.25, 0.3) is 10.8 Å². The lowest BCUT2D eigenvalue weighted by Crippen LogP contribution is -2.38. The Morgan fingerprint density at radius 2 is 1.89 bits per heavy atom. The van der Waals surface area contributed by atoms with E-state index < -0.39 is 27.7 Å². The number of benzene rings is 2. The molecule has 4 rings (SSSR count). The number of sulfone groups is 1. The Morgan fingerprint density at radius 3 is 2.50 bits per heavy atom. The van der Waals surface area contributed by atoms with Crippen molar-refractivity contribution in [2.24, 2.45) is 5.92 Å². The zero-order valence-corrected chi connectivity index (χ0v) is 20.8. The molecule has 0 bridgehead atoms. The van der Waals surface area contributed by atoms with Crippen molar-refractivity contribution < 1.29 is 31.8 Å². The highest BCUT2D eigenvalue weighted by molar-refractivity contribution is 7.91. The van der Waals surface area contributed by atoms with E-state index in [1.54, 1.807) is 50.2 Å². The fourth-order valence-electron chi connectivity index (χ4n) is 4.26. The lowest BCUT2D eigenvalue weighted by atomic mass is 9.82. The fraction of sp³-hybridized carbons (Fsp3) is 0.385. The van der Waals surface area contributed by atoms with Gasteiger partial charge in [-0.25, -0.2) is 22.2 Å². The summed E-state index contributed by atoms with van der Waals surface area (Å²) in [5.74, 6) is -2.93. The number of aliphatic hydroxyl groups excluding tert-OH is 1. The molecule has 1 saturated carbocycles. The number of halogens is 2. The number of amides is 1. The number of carbonyl (C=O) groups is 1. The summed E-state index contributed by atoms with van der Waals surface area (Å²) < 4.78 is 56.0. The second-order valence-corrected chi connectivity index (χ2v) is 11.4. The second-order valence-electron chi connectivity index (χ2n) is 9.13. The van der Waals surface area contributed by atoms with E-state index in [2.05, 4.69) is 10.3 Å². The lowest BCUT2D eigenvalue weighted by molar-refractivity contribution is -0.119. The van der Waals surface area contributed by atoms with Crippen molar-refractivity contribution in [1.29, 1.82) is 0 Å². The molecule has 1 aliphatic carbocycles. The van der Waals surface area contributed by atoms with Gasteiger partial charge in [-0.15, -0.1) is 0 Å². The summed E-state index contributed by atoms with van der Waals surface area (Å²) >= 11 is 0. The van der Waals surface area contributed by atoms with Gasteiger partial charge in [0.25, 0.3) is 5.91 Å². The van der Waals surface area contributed by atoms with Gasteiger partial charge in [0.05, 0.1) is 29.9 Å². The third kappa shape index (κ3) is 5.65. The SMILES string of the molecule is CCS(=O)(=O)c1ccc([C@H](CO)NC(=O)c2ccc3c(OCC4CC(F)(F)C4)nc(C)cc3c2)cc1. The number of rotatable bonds is 9. The molecule has 1 aliphatic rings. The molecule has 0 radical (unpaired) electrons. The number of hydrogen-bond acceptors (Lipinski definition) is 6. The van der Waals surface area contributed by atoms with Crippen LogP contribution >= 0.6 is 0 Å².